The van der Waals surface area contributed by atoms with Gasteiger partial charge in [0.05, 0.1) is 6.04 Å². The molecule has 0 bridgehead atoms. The van der Waals surface area contributed by atoms with Gasteiger partial charge >= 0.3 is 5.97 Å². The molecule has 22 heavy (non-hydrogen) atoms. The van der Waals surface area contributed by atoms with E-state index in [2.05, 4.69) is 10.6 Å². The zero-order valence-electron chi connectivity index (χ0n) is 13.7. The number of carboxylic acid groups (broad SMARTS) is 1. The van der Waals surface area contributed by atoms with Crippen molar-refractivity contribution in [2.45, 2.75) is 59.0 Å². The first-order valence-corrected chi connectivity index (χ1v) is 7.21. The minimum atomic E-state index is -2.89. The van der Waals surface area contributed by atoms with Crippen molar-refractivity contribution in [2.24, 2.45) is 5.92 Å². The molecule has 0 aliphatic carbocycles. The Morgan fingerprint density at radius 1 is 1.05 bits per heavy atom. The van der Waals surface area contributed by atoms with E-state index in [1.807, 2.05) is 27.7 Å². The minimum absolute atomic E-state index is 0.168. The Kier molecular flexibility index (Phi) is 12.4. The molecule has 0 aliphatic rings. The van der Waals surface area contributed by atoms with Gasteiger partial charge in [0, 0.05) is 6.42 Å². The lowest BCUT2D eigenvalue weighted by atomic mass is 10.0. The van der Waals surface area contributed by atoms with Gasteiger partial charge in [-0.3, -0.25) is 9.59 Å². The Labute approximate surface area is 129 Å². The molecule has 0 saturated carbocycles. The number of Topliss-reactive ketones (excluding diaryl/α,β-unsaturated/α-hetero) is 1. The standard InChI is InChI=1S/C12H20F2N2O4.C2H6/c1-6(2)4-8(15-3)11(18)16-7(5-9(13)14)10(17)12(19)20;1-2/h6-9,15H,4-5H2,1-3H3,(H,16,18)(H,19,20);1-2H3/t7?,8-;/m0./s1. The van der Waals surface area contributed by atoms with Gasteiger partial charge in [0.25, 0.3) is 5.78 Å². The van der Waals surface area contributed by atoms with Gasteiger partial charge in [0.1, 0.15) is 6.04 Å². The molecule has 0 heterocycles. The lowest BCUT2D eigenvalue weighted by Gasteiger charge is -2.21. The highest BCUT2D eigenvalue weighted by atomic mass is 19.3. The van der Waals surface area contributed by atoms with Crippen LogP contribution < -0.4 is 10.6 Å². The number of alkyl halides is 2. The molecule has 0 fully saturated rings. The van der Waals surface area contributed by atoms with E-state index >= 15 is 0 Å². The second-order valence-corrected chi connectivity index (χ2v) is 4.83. The van der Waals surface area contributed by atoms with Crippen LogP contribution in [0.4, 0.5) is 8.78 Å². The fourth-order valence-corrected chi connectivity index (χ4v) is 1.66. The molecule has 0 aliphatic heterocycles. The number of carboxylic acids is 1. The third-order valence-corrected chi connectivity index (χ3v) is 2.63. The summed E-state index contributed by atoms with van der Waals surface area (Å²) in [4.78, 5) is 33.7. The van der Waals surface area contributed by atoms with Crippen molar-refractivity contribution in [3.05, 3.63) is 0 Å². The first-order chi connectivity index (χ1) is 10.2. The van der Waals surface area contributed by atoms with Crippen LogP contribution in [-0.2, 0) is 14.4 Å². The Bertz CT molecular complexity index is 363. The monoisotopic (exact) mass is 324 g/mol. The van der Waals surface area contributed by atoms with E-state index in [4.69, 9.17) is 5.11 Å². The largest absolute Gasteiger partial charge is 0.475 e. The van der Waals surface area contributed by atoms with Crippen molar-refractivity contribution in [1.82, 2.24) is 10.6 Å². The predicted molar refractivity (Wildman–Crippen MR) is 78.8 cm³/mol. The lowest BCUT2D eigenvalue weighted by molar-refractivity contribution is -0.151. The molecule has 1 amide bonds. The third kappa shape index (κ3) is 9.38. The van der Waals surface area contributed by atoms with Crippen molar-refractivity contribution in [3.63, 3.8) is 0 Å². The van der Waals surface area contributed by atoms with Gasteiger partial charge in [-0.15, -0.1) is 0 Å². The molecule has 0 saturated heterocycles. The van der Waals surface area contributed by atoms with Crippen LogP contribution in [0.3, 0.4) is 0 Å². The van der Waals surface area contributed by atoms with Crippen molar-refractivity contribution in [2.75, 3.05) is 7.05 Å². The van der Waals surface area contributed by atoms with Crippen molar-refractivity contribution < 1.29 is 28.3 Å². The van der Waals surface area contributed by atoms with E-state index in [-0.39, 0.29) is 5.92 Å². The average Bonchev–Trinajstić information content (AvgIpc) is 2.44. The molecule has 8 heteroatoms. The van der Waals surface area contributed by atoms with Gasteiger partial charge in [0.2, 0.25) is 12.3 Å². The molecular formula is C14H26F2N2O4. The molecule has 0 aromatic carbocycles. The second-order valence-electron chi connectivity index (χ2n) is 4.83. The lowest BCUT2D eigenvalue weighted by Crippen LogP contribution is -2.51. The van der Waals surface area contributed by atoms with Crippen LogP contribution in [0.5, 0.6) is 0 Å². The van der Waals surface area contributed by atoms with Crippen LogP contribution in [0.25, 0.3) is 0 Å². The maximum Gasteiger partial charge on any atom is 0.374 e. The fraction of sp³-hybridized carbons (Fsp3) is 0.786. The zero-order chi connectivity index (χ0) is 17.9. The average molecular weight is 324 g/mol. The summed E-state index contributed by atoms with van der Waals surface area (Å²) in [5.41, 5.74) is 0. The maximum absolute atomic E-state index is 12.3. The van der Waals surface area contributed by atoms with E-state index in [1.54, 1.807) is 0 Å². The molecule has 0 aromatic rings. The van der Waals surface area contributed by atoms with Gasteiger partial charge < -0.3 is 15.7 Å². The Morgan fingerprint density at radius 2 is 1.55 bits per heavy atom. The number of rotatable bonds is 9. The smallest absolute Gasteiger partial charge is 0.374 e. The number of likely N-dealkylation sites (N-methyl/N-ethyl adjacent to an activating group) is 1. The number of amides is 1. The topological polar surface area (TPSA) is 95.5 Å². The SMILES string of the molecule is CC.CN[C@@H](CC(C)C)C(=O)NC(CC(F)F)C(=O)C(=O)O. The van der Waals surface area contributed by atoms with E-state index in [9.17, 15) is 23.2 Å². The van der Waals surface area contributed by atoms with Crippen molar-refractivity contribution in [3.8, 4) is 0 Å². The summed E-state index contributed by atoms with van der Waals surface area (Å²) in [6.45, 7) is 7.74. The fourth-order valence-electron chi connectivity index (χ4n) is 1.66. The molecule has 3 N–H and O–H groups in total. The summed E-state index contributed by atoms with van der Waals surface area (Å²) in [5, 5.41) is 13.3. The zero-order valence-corrected chi connectivity index (χ0v) is 13.7. The summed E-state index contributed by atoms with van der Waals surface area (Å²) >= 11 is 0. The number of nitrogens with one attached hydrogen (secondary N) is 2. The van der Waals surface area contributed by atoms with Crippen molar-refractivity contribution in [1.29, 1.82) is 0 Å². The summed E-state index contributed by atoms with van der Waals surface area (Å²) in [7, 11) is 1.52. The predicted octanol–water partition coefficient (Wildman–Crippen LogP) is 1.44. The first kappa shape index (κ1) is 22.7. The van der Waals surface area contributed by atoms with E-state index in [0.717, 1.165) is 0 Å². The van der Waals surface area contributed by atoms with Crippen molar-refractivity contribution >= 4 is 17.7 Å². The molecule has 6 nitrogen and oxygen atoms in total. The minimum Gasteiger partial charge on any atom is -0.475 e. The van der Waals surface area contributed by atoms with Gasteiger partial charge in [-0.05, 0) is 19.4 Å². The Hall–Kier alpha value is -1.57. The van der Waals surface area contributed by atoms with Gasteiger partial charge in [-0.2, -0.15) is 0 Å². The normalized spacial score (nSPS) is 13.1. The highest BCUT2D eigenvalue weighted by molar-refractivity contribution is 6.35. The molecule has 0 spiro atoms. The van der Waals surface area contributed by atoms with E-state index in [0.29, 0.717) is 6.42 Å². The number of ketones is 1. The van der Waals surface area contributed by atoms with Gasteiger partial charge in [-0.1, -0.05) is 27.7 Å². The molecule has 130 valence electrons. The Balaban J connectivity index is 0. The van der Waals surface area contributed by atoms with Crippen LogP contribution in [0.2, 0.25) is 0 Å². The number of hydrogen-bond acceptors (Lipinski definition) is 4. The highest BCUT2D eigenvalue weighted by Crippen LogP contribution is 2.08. The number of hydrogen-bond donors (Lipinski definition) is 3. The second kappa shape index (κ2) is 12.0. The van der Waals surface area contributed by atoms with Gasteiger partial charge in [0.15, 0.2) is 0 Å². The molecule has 0 rings (SSSR count). The summed E-state index contributed by atoms with van der Waals surface area (Å²) in [5.74, 6) is -3.79. The molecule has 2 atom stereocenters. The van der Waals surface area contributed by atoms with E-state index in [1.165, 1.54) is 7.05 Å². The number of carbonyl (C=O) groups excluding carboxylic acids is 2. The third-order valence-electron chi connectivity index (χ3n) is 2.63. The van der Waals surface area contributed by atoms with E-state index < -0.39 is 42.6 Å². The molecule has 0 aromatic heterocycles. The first-order valence-electron chi connectivity index (χ1n) is 7.21. The summed E-state index contributed by atoms with van der Waals surface area (Å²) < 4.78 is 24.7. The number of aliphatic carboxylic acids is 1. The van der Waals surface area contributed by atoms with Crippen LogP contribution in [-0.4, -0.2) is 48.3 Å². The highest BCUT2D eigenvalue weighted by Gasteiger charge is 2.31. The summed E-state index contributed by atoms with van der Waals surface area (Å²) in [6.07, 6.45) is -3.47. The number of halogens is 2. The number of carbonyl (C=O) groups is 3. The molecule has 0 radical (unpaired) electrons. The van der Waals surface area contributed by atoms with Crippen LogP contribution >= 0.6 is 0 Å². The van der Waals surface area contributed by atoms with Crippen LogP contribution in [0.1, 0.15) is 40.5 Å². The maximum atomic E-state index is 12.3. The molecular weight excluding hydrogens is 298 g/mol. The molecule has 1 unspecified atom stereocenters. The van der Waals surface area contributed by atoms with Crippen LogP contribution in [0.15, 0.2) is 0 Å². The Morgan fingerprint density at radius 3 is 1.86 bits per heavy atom. The van der Waals surface area contributed by atoms with Gasteiger partial charge in [-0.25, -0.2) is 13.6 Å². The summed E-state index contributed by atoms with van der Waals surface area (Å²) in [6, 6.07) is -2.39. The van der Waals surface area contributed by atoms with Crippen LogP contribution in [0, 0.1) is 5.92 Å². The quantitative estimate of drug-likeness (QED) is 0.558.